The molecule has 106 valence electrons. The van der Waals surface area contributed by atoms with Gasteiger partial charge in [-0.05, 0) is 37.9 Å². The van der Waals surface area contributed by atoms with Crippen LogP contribution in [0.5, 0.6) is 5.75 Å². The Morgan fingerprint density at radius 1 is 1.65 bits per heavy atom. The van der Waals surface area contributed by atoms with Gasteiger partial charge in [-0.3, -0.25) is 15.4 Å². The molecule has 0 spiro atoms. The smallest absolute Gasteiger partial charge is 0.313 e. The Morgan fingerprint density at radius 2 is 2.35 bits per heavy atom. The quantitative estimate of drug-likeness (QED) is 0.635. The third kappa shape index (κ3) is 2.70. The molecule has 20 heavy (non-hydrogen) atoms. The van der Waals surface area contributed by atoms with E-state index in [2.05, 4.69) is 11.4 Å². The van der Waals surface area contributed by atoms with Gasteiger partial charge in [0.05, 0.1) is 17.1 Å². The lowest BCUT2D eigenvalue weighted by Gasteiger charge is -2.25. The van der Waals surface area contributed by atoms with Crippen LogP contribution in [0.25, 0.3) is 0 Å². The molecule has 7 heteroatoms. The van der Waals surface area contributed by atoms with E-state index in [-0.39, 0.29) is 18.3 Å². The van der Waals surface area contributed by atoms with Crippen LogP contribution < -0.4 is 10.1 Å². The van der Waals surface area contributed by atoms with Crippen LogP contribution in [0.15, 0.2) is 18.2 Å². The number of nitriles is 1. The minimum atomic E-state index is -0.859. The van der Waals surface area contributed by atoms with Gasteiger partial charge < -0.3 is 4.74 Å². The maximum atomic E-state index is 13.0. The van der Waals surface area contributed by atoms with Gasteiger partial charge in [0.1, 0.15) is 18.0 Å². The van der Waals surface area contributed by atoms with Gasteiger partial charge in [0.15, 0.2) is 5.75 Å². The second kappa shape index (κ2) is 5.43. The zero-order chi connectivity index (χ0) is 14.8. The summed E-state index contributed by atoms with van der Waals surface area (Å²) >= 11 is 0. The Morgan fingerprint density at radius 3 is 2.85 bits per heavy atom. The number of hydrogen-bond acceptors (Lipinski definition) is 5. The number of hydrogen-bond donors (Lipinski definition) is 1. The molecule has 1 unspecified atom stereocenters. The van der Waals surface area contributed by atoms with Crippen molar-refractivity contribution in [2.75, 3.05) is 13.7 Å². The van der Waals surface area contributed by atoms with E-state index in [0.29, 0.717) is 0 Å². The minimum absolute atomic E-state index is 0.0167. The zero-order valence-corrected chi connectivity index (χ0v) is 10.9. The van der Waals surface area contributed by atoms with Crippen molar-refractivity contribution in [3.05, 3.63) is 34.1 Å². The monoisotopic (exact) mass is 279 g/mol. The first kappa shape index (κ1) is 14.2. The van der Waals surface area contributed by atoms with Gasteiger partial charge in [0.2, 0.25) is 0 Å². The largest absolute Gasteiger partial charge is 0.484 e. The summed E-state index contributed by atoms with van der Waals surface area (Å²) in [7, 11) is 1.66. The molecule has 0 aromatic heterocycles. The van der Waals surface area contributed by atoms with Crippen molar-refractivity contribution in [2.45, 2.75) is 18.4 Å². The first-order valence-corrected chi connectivity index (χ1v) is 6.19. The molecule has 0 aliphatic heterocycles. The average molecular weight is 279 g/mol. The lowest BCUT2D eigenvalue weighted by Crippen LogP contribution is -2.49. The van der Waals surface area contributed by atoms with Gasteiger partial charge in [-0.15, -0.1) is 0 Å². The summed E-state index contributed by atoms with van der Waals surface area (Å²) in [5.74, 6) is -0.560. The second-order valence-corrected chi connectivity index (χ2v) is 4.77. The molecule has 1 saturated carbocycles. The van der Waals surface area contributed by atoms with Crippen molar-refractivity contribution < 1.29 is 14.1 Å². The average Bonchev–Trinajstić information content (AvgIpc) is 3.26. The maximum Gasteiger partial charge on any atom is 0.313 e. The number of ether oxygens (including phenoxy) is 1. The molecule has 1 fully saturated rings. The number of benzene rings is 1. The van der Waals surface area contributed by atoms with Crippen LogP contribution in [-0.2, 0) is 0 Å². The Labute approximate surface area is 115 Å². The molecule has 1 aromatic carbocycles. The van der Waals surface area contributed by atoms with Crippen LogP contribution in [0.3, 0.4) is 0 Å². The minimum Gasteiger partial charge on any atom is -0.484 e. The van der Waals surface area contributed by atoms with Crippen molar-refractivity contribution in [3.63, 3.8) is 0 Å². The standard InChI is InChI=1S/C13H14FN3O3/c1-16-13(7-15,9-2-3-9)8-20-12-5-4-10(14)6-11(12)17(18)19/h4-6,9,16H,2-3,8H2,1H3. The molecule has 1 aromatic rings. The van der Waals surface area contributed by atoms with Crippen LogP contribution in [0.2, 0.25) is 0 Å². The molecule has 1 aliphatic rings. The first-order chi connectivity index (χ1) is 9.52. The molecule has 1 N–H and O–H groups in total. The highest BCUT2D eigenvalue weighted by Gasteiger charge is 2.45. The number of likely N-dealkylation sites (N-methyl/N-ethyl adjacent to an activating group) is 1. The highest BCUT2D eigenvalue weighted by atomic mass is 19.1. The Kier molecular flexibility index (Phi) is 3.86. The third-order valence-electron chi connectivity index (χ3n) is 3.49. The topological polar surface area (TPSA) is 88.2 Å². The van der Waals surface area contributed by atoms with Gasteiger partial charge in [0, 0.05) is 0 Å². The number of rotatable bonds is 6. The molecular formula is C13H14FN3O3. The number of nitrogens with zero attached hydrogens (tertiary/aromatic N) is 2. The van der Waals surface area contributed by atoms with Crippen LogP contribution in [0, 0.1) is 33.2 Å². The van der Waals surface area contributed by atoms with Crippen LogP contribution in [0.1, 0.15) is 12.8 Å². The summed E-state index contributed by atoms with van der Waals surface area (Å²) in [6.45, 7) is -0.0167. The summed E-state index contributed by atoms with van der Waals surface area (Å²) in [4.78, 5) is 10.2. The normalized spacial score (nSPS) is 17.1. The van der Waals surface area contributed by atoms with E-state index in [0.717, 1.165) is 25.0 Å². The molecule has 0 bridgehead atoms. The first-order valence-electron chi connectivity index (χ1n) is 6.19. The van der Waals surface area contributed by atoms with E-state index in [1.165, 1.54) is 6.07 Å². The van der Waals surface area contributed by atoms with Crippen molar-refractivity contribution in [1.82, 2.24) is 5.32 Å². The molecular weight excluding hydrogens is 265 g/mol. The second-order valence-electron chi connectivity index (χ2n) is 4.77. The van der Waals surface area contributed by atoms with E-state index in [1.807, 2.05) is 0 Å². The fraction of sp³-hybridized carbons (Fsp3) is 0.462. The van der Waals surface area contributed by atoms with Crippen LogP contribution in [-0.4, -0.2) is 24.1 Å². The van der Waals surface area contributed by atoms with E-state index in [4.69, 9.17) is 4.74 Å². The molecule has 0 radical (unpaired) electrons. The fourth-order valence-corrected chi connectivity index (χ4v) is 2.10. The predicted molar refractivity (Wildman–Crippen MR) is 68.7 cm³/mol. The van der Waals surface area contributed by atoms with Gasteiger partial charge >= 0.3 is 5.69 Å². The van der Waals surface area contributed by atoms with Crippen molar-refractivity contribution in [1.29, 1.82) is 5.26 Å². The van der Waals surface area contributed by atoms with Crippen LogP contribution in [0.4, 0.5) is 10.1 Å². The van der Waals surface area contributed by atoms with E-state index >= 15 is 0 Å². The SMILES string of the molecule is CNC(C#N)(COc1ccc(F)cc1[N+](=O)[O-])C1CC1. The van der Waals surface area contributed by atoms with E-state index in [1.54, 1.807) is 7.05 Å². The van der Waals surface area contributed by atoms with E-state index in [9.17, 15) is 19.8 Å². The van der Waals surface area contributed by atoms with Gasteiger partial charge in [-0.1, -0.05) is 0 Å². The van der Waals surface area contributed by atoms with Crippen molar-refractivity contribution in [3.8, 4) is 11.8 Å². The highest BCUT2D eigenvalue weighted by molar-refractivity contribution is 5.46. The van der Waals surface area contributed by atoms with Gasteiger partial charge in [0.25, 0.3) is 0 Å². The summed E-state index contributed by atoms with van der Waals surface area (Å²) in [5, 5.41) is 23.1. The Hall–Kier alpha value is -2.20. The fourth-order valence-electron chi connectivity index (χ4n) is 2.10. The van der Waals surface area contributed by atoms with Crippen molar-refractivity contribution >= 4 is 5.69 Å². The Balaban J connectivity index is 2.18. The molecule has 1 atom stereocenters. The zero-order valence-electron chi connectivity index (χ0n) is 10.9. The Bertz CT molecular complexity index is 568. The lowest BCUT2D eigenvalue weighted by atomic mass is 9.96. The lowest BCUT2D eigenvalue weighted by molar-refractivity contribution is -0.386. The van der Waals surface area contributed by atoms with Crippen LogP contribution >= 0.6 is 0 Å². The van der Waals surface area contributed by atoms with Crippen molar-refractivity contribution in [2.24, 2.45) is 5.92 Å². The predicted octanol–water partition coefficient (Wildman–Crippen LogP) is 2.00. The number of nitro groups is 1. The molecule has 0 heterocycles. The molecule has 2 rings (SSSR count). The molecule has 0 saturated heterocycles. The summed E-state index contributed by atoms with van der Waals surface area (Å²) in [6, 6.07) is 5.28. The maximum absolute atomic E-state index is 13.0. The number of nitro benzene ring substituents is 1. The molecule has 6 nitrogen and oxygen atoms in total. The molecule has 0 amide bonds. The number of halogens is 1. The highest BCUT2D eigenvalue weighted by Crippen LogP contribution is 2.40. The van der Waals surface area contributed by atoms with Gasteiger partial charge in [-0.25, -0.2) is 4.39 Å². The van der Waals surface area contributed by atoms with Gasteiger partial charge in [-0.2, -0.15) is 5.26 Å². The summed E-state index contributed by atoms with van der Waals surface area (Å²) in [6.07, 6.45) is 1.84. The summed E-state index contributed by atoms with van der Waals surface area (Å²) in [5.41, 5.74) is -1.30. The third-order valence-corrected chi connectivity index (χ3v) is 3.49. The number of nitrogens with one attached hydrogen (secondary N) is 1. The summed E-state index contributed by atoms with van der Waals surface area (Å²) < 4.78 is 18.4. The molecule has 1 aliphatic carbocycles. The van der Waals surface area contributed by atoms with E-state index < -0.39 is 22.0 Å².